The molecule has 2 aromatic rings. The van der Waals surface area contributed by atoms with Crippen molar-refractivity contribution in [1.82, 2.24) is 10.3 Å². The molecule has 1 aliphatic rings. The molecule has 3 rings (SSSR count). The summed E-state index contributed by atoms with van der Waals surface area (Å²) in [6, 6.07) is 5.69. The SMILES string of the molecule is C=C1CNC(=O)c2cccc3[nH]cc1c23. The Morgan fingerprint density at radius 1 is 1.27 bits per heavy atom. The first-order valence-electron chi connectivity index (χ1n) is 4.84. The van der Waals surface area contributed by atoms with Crippen LogP contribution in [0.4, 0.5) is 0 Å². The van der Waals surface area contributed by atoms with Gasteiger partial charge in [-0.25, -0.2) is 0 Å². The minimum Gasteiger partial charge on any atom is -0.361 e. The van der Waals surface area contributed by atoms with Crippen molar-refractivity contribution in [2.24, 2.45) is 0 Å². The zero-order valence-electron chi connectivity index (χ0n) is 8.13. The molecule has 0 aliphatic carbocycles. The summed E-state index contributed by atoms with van der Waals surface area (Å²) in [6.45, 7) is 4.48. The topological polar surface area (TPSA) is 44.9 Å². The molecule has 0 saturated heterocycles. The molecule has 1 aromatic carbocycles. The fourth-order valence-corrected chi connectivity index (χ4v) is 2.03. The van der Waals surface area contributed by atoms with E-state index in [-0.39, 0.29) is 5.91 Å². The number of aromatic amines is 1. The molecule has 1 amide bonds. The van der Waals surface area contributed by atoms with Crippen LogP contribution in [-0.4, -0.2) is 17.4 Å². The minimum absolute atomic E-state index is 0.0277. The molecule has 1 aromatic heterocycles. The lowest BCUT2D eigenvalue weighted by atomic mass is 10.0. The second-order valence-corrected chi connectivity index (χ2v) is 3.72. The molecule has 2 heterocycles. The van der Waals surface area contributed by atoms with E-state index in [1.54, 1.807) is 0 Å². The first-order chi connectivity index (χ1) is 7.27. The highest BCUT2D eigenvalue weighted by Crippen LogP contribution is 2.28. The number of hydrogen-bond acceptors (Lipinski definition) is 1. The van der Waals surface area contributed by atoms with Crippen LogP contribution in [0.1, 0.15) is 15.9 Å². The Morgan fingerprint density at radius 2 is 2.13 bits per heavy atom. The summed E-state index contributed by atoms with van der Waals surface area (Å²) in [5, 5.41) is 3.82. The molecular formula is C12H10N2O. The van der Waals surface area contributed by atoms with Crippen molar-refractivity contribution in [2.75, 3.05) is 6.54 Å². The molecule has 0 unspecified atom stereocenters. The van der Waals surface area contributed by atoms with Gasteiger partial charge >= 0.3 is 0 Å². The summed E-state index contributed by atoms with van der Waals surface area (Å²) in [6.07, 6.45) is 1.91. The van der Waals surface area contributed by atoms with E-state index in [0.29, 0.717) is 6.54 Å². The molecule has 0 radical (unpaired) electrons. The second-order valence-electron chi connectivity index (χ2n) is 3.72. The van der Waals surface area contributed by atoms with Gasteiger partial charge < -0.3 is 10.3 Å². The highest BCUT2D eigenvalue weighted by atomic mass is 16.1. The average molecular weight is 198 g/mol. The van der Waals surface area contributed by atoms with Gasteiger partial charge in [0, 0.05) is 34.8 Å². The standard InChI is InChI=1S/C12H10N2O/c1-7-5-14-12(15)8-3-2-4-10-11(8)9(7)6-13-10/h2-4,6,13H,1,5H2,(H,14,15). The fraction of sp³-hybridized carbons (Fsp3) is 0.0833. The maximum atomic E-state index is 11.8. The van der Waals surface area contributed by atoms with Crippen LogP contribution in [0.5, 0.6) is 0 Å². The van der Waals surface area contributed by atoms with Crippen LogP contribution in [0.2, 0.25) is 0 Å². The molecule has 74 valence electrons. The number of carbonyl (C=O) groups excluding carboxylic acids is 1. The van der Waals surface area contributed by atoms with Crippen molar-refractivity contribution in [3.05, 3.63) is 42.1 Å². The quantitative estimate of drug-likeness (QED) is 0.667. The molecule has 1 aliphatic heterocycles. The lowest BCUT2D eigenvalue weighted by Gasteiger charge is -2.00. The lowest BCUT2D eigenvalue weighted by molar-refractivity contribution is 0.0961. The fourth-order valence-electron chi connectivity index (χ4n) is 2.03. The third-order valence-electron chi connectivity index (χ3n) is 2.79. The molecule has 0 spiro atoms. The van der Waals surface area contributed by atoms with Crippen LogP contribution in [0.25, 0.3) is 16.5 Å². The molecule has 0 bridgehead atoms. The van der Waals surface area contributed by atoms with Gasteiger partial charge in [0.15, 0.2) is 0 Å². The molecule has 3 nitrogen and oxygen atoms in total. The minimum atomic E-state index is -0.0277. The average Bonchev–Trinajstić information content (AvgIpc) is 2.63. The van der Waals surface area contributed by atoms with E-state index in [1.165, 1.54) is 0 Å². The van der Waals surface area contributed by atoms with Gasteiger partial charge in [-0.3, -0.25) is 4.79 Å². The van der Waals surface area contributed by atoms with Crippen molar-refractivity contribution < 1.29 is 4.79 Å². The molecule has 2 N–H and O–H groups in total. The van der Waals surface area contributed by atoms with Crippen LogP contribution in [0.3, 0.4) is 0 Å². The zero-order chi connectivity index (χ0) is 10.4. The second kappa shape index (κ2) is 2.73. The largest absolute Gasteiger partial charge is 0.361 e. The summed E-state index contributed by atoms with van der Waals surface area (Å²) in [7, 11) is 0. The van der Waals surface area contributed by atoms with Gasteiger partial charge in [0.2, 0.25) is 0 Å². The van der Waals surface area contributed by atoms with E-state index >= 15 is 0 Å². The van der Waals surface area contributed by atoms with Crippen molar-refractivity contribution in [2.45, 2.75) is 0 Å². The monoisotopic (exact) mass is 198 g/mol. The predicted molar refractivity (Wildman–Crippen MR) is 59.7 cm³/mol. The van der Waals surface area contributed by atoms with E-state index < -0.39 is 0 Å². The maximum Gasteiger partial charge on any atom is 0.252 e. The Bertz CT molecular complexity index is 580. The van der Waals surface area contributed by atoms with Gasteiger partial charge in [-0.05, 0) is 17.7 Å². The predicted octanol–water partition coefficient (Wildman–Crippen LogP) is 1.92. The smallest absolute Gasteiger partial charge is 0.252 e. The van der Waals surface area contributed by atoms with E-state index in [1.807, 2.05) is 24.4 Å². The Morgan fingerprint density at radius 3 is 3.00 bits per heavy atom. The summed E-state index contributed by atoms with van der Waals surface area (Å²) in [5.41, 5.74) is 3.70. The van der Waals surface area contributed by atoms with Crippen LogP contribution < -0.4 is 5.32 Å². The van der Waals surface area contributed by atoms with Gasteiger partial charge in [-0.1, -0.05) is 12.6 Å². The number of rotatable bonds is 0. The molecular weight excluding hydrogens is 188 g/mol. The van der Waals surface area contributed by atoms with E-state index in [4.69, 9.17) is 0 Å². The van der Waals surface area contributed by atoms with Gasteiger partial charge in [0.25, 0.3) is 5.91 Å². The van der Waals surface area contributed by atoms with Crippen LogP contribution in [-0.2, 0) is 0 Å². The molecule has 0 saturated carbocycles. The summed E-state index contributed by atoms with van der Waals surface area (Å²) in [4.78, 5) is 14.9. The number of nitrogens with one attached hydrogen (secondary N) is 2. The summed E-state index contributed by atoms with van der Waals surface area (Å²) < 4.78 is 0. The molecule has 0 atom stereocenters. The van der Waals surface area contributed by atoms with Crippen LogP contribution in [0.15, 0.2) is 31.0 Å². The third kappa shape index (κ3) is 1.03. The Labute approximate surface area is 86.8 Å². The highest BCUT2D eigenvalue weighted by molar-refractivity contribution is 6.12. The maximum absolute atomic E-state index is 11.8. The zero-order valence-corrected chi connectivity index (χ0v) is 8.13. The number of hydrogen-bond donors (Lipinski definition) is 2. The van der Waals surface area contributed by atoms with Crippen molar-refractivity contribution in [3.8, 4) is 0 Å². The molecule has 3 heteroatoms. The molecule has 0 fully saturated rings. The summed E-state index contributed by atoms with van der Waals surface area (Å²) in [5.74, 6) is -0.0277. The third-order valence-corrected chi connectivity index (χ3v) is 2.79. The van der Waals surface area contributed by atoms with E-state index in [2.05, 4.69) is 16.9 Å². The first-order valence-corrected chi connectivity index (χ1v) is 4.84. The summed E-state index contributed by atoms with van der Waals surface area (Å²) >= 11 is 0. The van der Waals surface area contributed by atoms with Crippen LogP contribution >= 0.6 is 0 Å². The number of benzene rings is 1. The molecule has 15 heavy (non-hydrogen) atoms. The number of aromatic nitrogens is 1. The van der Waals surface area contributed by atoms with Crippen LogP contribution in [0, 0.1) is 0 Å². The van der Waals surface area contributed by atoms with E-state index in [9.17, 15) is 4.79 Å². The van der Waals surface area contributed by atoms with Gasteiger partial charge in [0.1, 0.15) is 0 Å². The van der Waals surface area contributed by atoms with E-state index in [0.717, 1.165) is 27.6 Å². The number of carbonyl (C=O) groups is 1. The Balaban J connectivity index is 2.48. The number of H-pyrrole nitrogens is 1. The lowest BCUT2D eigenvalue weighted by Crippen LogP contribution is -2.22. The normalized spacial score (nSPS) is 15.2. The first kappa shape index (κ1) is 8.29. The van der Waals surface area contributed by atoms with Gasteiger partial charge in [0.05, 0.1) is 0 Å². The van der Waals surface area contributed by atoms with Crippen molar-refractivity contribution in [3.63, 3.8) is 0 Å². The van der Waals surface area contributed by atoms with Gasteiger partial charge in [-0.15, -0.1) is 0 Å². The number of amides is 1. The van der Waals surface area contributed by atoms with Crippen molar-refractivity contribution in [1.29, 1.82) is 0 Å². The Kier molecular flexibility index (Phi) is 1.51. The van der Waals surface area contributed by atoms with Crippen molar-refractivity contribution >= 4 is 22.4 Å². The highest BCUT2D eigenvalue weighted by Gasteiger charge is 2.19. The van der Waals surface area contributed by atoms with Gasteiger partial charge in [-0.2, -0.15) is 0 Å². The Hall–Kier alpha value is -2.03.